The quantitative estimate of drug-likeness (QED) is 0.780. The fourth-order valence-electron chi connectivity index (χ4n) is 1.88. The number of rotatable bonds is 4. The van der Waals surface area contributed by atoms with Crippen LogP contribution in [0.25, 0.3) is 5.65 Å². The predicted molar refractivity (Wildman–Crippen MR) is 71.9 cm³/mol. The van der Waals surface area contributed by atoms with Crippen LogP contribution < -0.4 is 5.32 Å². The molecule has 6 heteroatoms. The van der Waals surface area contributed by atoms with Gasteiger partial charge in [-0.15, -0.1) is 21.5 Å². The van der Waals surface area contributed by atoms with Crippen LogP contribution in [0, 0.1) is 0 Å². The van der Waals surface area contributed by atoms with E-state index in [4.69, 9.17) is 0 Å². The number of thiophene rings is 1. The average Bonchev–Trinajstić information content (AvgIpc) is 2.99. The number of nitrogens with zero attached hydrogens (tertiary/aromatic N) is 4. The molecule has 3 rings (SSSR count). The first-order valence-electron chi connectivity index (χ1n) is 5.76. The zero-order valence-electron chi connectivity index (χ0n) is 9.95. The lowest BCUT2D eigenvalue weighted by atomic mass is 10.2. The molecule has 0 aliphatic heterocycles. The zero-order chi connectivity index (χ0) is 12.4. The van der Waals surface area contributed by atoms with Crippen molar-refractivity contribution in [3.8, 4) is 0 Å². The minimum atomic E-state index is 0.305. The second-order valence-corrected chi connectivity index (χ2v) is 5.20. The molecule has 1 unspecified atom stereocenters. The molecule has 0 aliphatic carbocycles. The third-order valence-electron chi connectivity index (χ3n) is 2.69. The van der Waals surface area contributed by atoms with Gasteiger partial charge in [0.2, 0.25) is 5.65 Å². The number of nitrogens with one attached hydrogen (secondary N) is 1. The number of hydrogen-bond donors (Lipinski definition) is 1. The molecule has 0 radical (unpaired) electrons. The van der Waals surface area contributed by atoms with Crippen LogP contribution in [0.4, 0.5) is 5.82 Å². The molecule has 92 valence electrons. The molecule has 0 amide bonds. The highest BCUT2D eigenvalue weighted by Gasteiger charge is 2.09. The average molecular weight is 259 g/mol. The van der Waals surface area contributed by atoms with E-state index in [9.17, 15) is 0 Å². The van der Waals surface area contributed by atoms with Crippen molar-refractivity contribution in [1.29, 1.82) is 0 Å². The van der Waals surface area contributed by atoms with E-state index in [0.717, 1.165) is 17.9 Å². The summed E-state index contributed by atoms with van der Waals surface area (Å²) < 4.78 is 1.85. The van der Waals surface area contributed by atoms with Crippen LogP contribution in [0.3, 0.4) is 0 Å². The highest BCUT2D eigenvalue weighted by molar-refractivity contribution is 7.09. The van der Waals surface area contributed by atoms with Crippen molar-refractivity contribution in [3.63, 3.8) is 0 Å². The van der Waals surface area contributed by atoms with E-state index in [1.54, 1.807) is 23.9 Å². The van der Waals surface area contributed by atoms with E-state index in [1.165, 1.54) is 4.88 Å². The topological polar surface area (TPSA) is 55.1 Å². The Hall–Kier alpha value is -1.95. The molecular weight excluding hydrogens is 246 g/mol. The van der Waals surface area contributed by atoms with E-state index in [2.05, 4.69) is 44.9 Å². The third kappa shape index (κ3) is 2.19. The van der Waals surface area contributed by atoms with Crippen molar-refractivity contribution >= 4 is 22.8 Å². The molecule has 0 fully saturated rings. The van der Waals surface area contributed by atoms with Gasteiger partial charge in [0.25, 0.3) is 0 Å². The first kappa shape index (κ1) is 11.2. The molecule has 1 N–H and O–H groups in total. The van der Waals surface area contributed by atoms with E-state index < -0.39 is 0 Å². The summed E-state index contributed by atoms with van der Waals surface area (Å²) in [4.78, 5) is 5.68. The highest BCUT2D eigenvalue weighted by atomic mass is 32.1. The summed E-state index contributed by atoms with van der Waals surface area (Å²) in [6.45, 7) is 2.14. The second kappa shape index (κ2) is 4.73. The second-order valence-electron chi connectivity index (χ2n) is 4.17. The molecule has 3 heterocycles. The number of hydrogen-bond acceptors (Lipinski definition) is 5. The van der Waals surface area contributed by atoms with Crippen LogP contribution in [0.15, 0.2) is 36.2 Å². The van der Waals surface area contributed by atoms with Gasteiger partial charge in [-0.3, -0.25) is 4.40 Å². The largest absolute Gasteiger partial charge is 0.364 e. The summed E-state index contributed by atoms with van der Waals surface area (Å²) in [7, 11) is 0. The van der Waals surface area contributed by atoms with Gasteiger partial charge in [0.15, 0.2) is 5.82 Å². The third-order valence-corrected chi connectivity index (χ3v) is 3.59. The van der Waals surface area contributed by atoms with Crippen molar-refractivity contribution in [2.75, 3.05) is 5.32 Å². The summed E-state index contributed by atoms with van der Waals surface area (Å²) in [5, 5.41) is 13.4. The molecule has 3 aromatic rings. The van der Waals surface area contributed by atoms with Gasteiger partial charge in [-0.05, 0) is 18.4 Å². The van der Waals surface area contributed by atoms with Crippen LogP contribution in [0.5, 0.6) is 0 Å². The maximum absolute atomic E-state index is 4.32. The fraction of sp³-hybridized carbons (Fsp3) is 0.250. The Morgan fingerprint density at radius 3 is 3.28 bits per heavy atom. The summed E-state index contributed by atoms with van der Waals surface area (Å²) in [5.41, 5.74) is 0.760. The van der Waals surface area contributed by atoms with Crippen LogP contribution >= 0.6 is 11.3 Å². The fourth-order valence-corrected chi connectivity index (χ4v) is 2.71. The lowest BCUT2D eigenvalue weighted by Gasteiger charge is -2.13. The normalized spacial score (nSPS) is 12.7. The maximum Gasteiger partial charge on any atom is 0.203 e. The molecule has 0 aliphatic rings. The number of anilines is 1. The van der Waals surface area contributed by atoms with Crippen LogP contribution in [-0.4, -0.2) is 25.6 Å². The molecule has 0 spiro atoms. The SMILES string of the molecule is CC(Cc1cccs1)Nc1nccn2cnnc12. The van der Waals surface area contributed by atoms with Gasteiger partial charge < -0.3 is 5.32 Å². The van der Waals surface area contributed by atoms with Crippen molar-refractivity contribution in [3.05, 3.63) is 41.1 Å². The van der Waals surface area contributed by atoms with Crippen LogP contribution in [-0.2, 0) is 6.42 Å². The van der Waals surface area contributed by atoms with Gasteiger partial charge in [-0.2, -0.15) is 0 Å². The molecule has 1 atom stereocenters. The van der Waals surface area contributed by atoms with Crippen LogP contribution in [0.1, 0.15) is 11.8 Å². The lowest BCUT2D eigenvalue weighted by Crippen LogP contribution is -2.19. The summed E-state index contributed by atoms with van der Waals surface area (Å²) >= 11 is 1.77. The van der Waals surface area contributed by atoms with Gasteiger partial charge in [0.05, 0.1) is 0 Å². The lowest BCUT2D eigenvalue weighted by molar-refractivity contribution is 0.794. The van der Waals surface area contributed by atoms with Crippen molar-refractivity contribution in [1.82, 2.24) is 19.6 Å². The maximum atomic E-state index is 4.32. The van der Waals surface area contributed by atoms with E-state index >= 15 is 0 Å². The molecule has 0 saturated heterocycles. The zero-order valence-corrected chi connectivity index (χ0v) is 10.8. The Labute approximate surface area is 109 Å². The number of aromatic nitrogens is 4. The molecule has 3 aromatic heterocycles. The highest BCUT2D eigenvalue weighted by Crippen LogP contribution is 2.15. The minimum Gasteiger partial charge on any atom is -0.364 e. The van der Waals surface area contributed by atoms with Gasteiger partial charge in [0.1, 0.15) is 6.33 Å². The summed E-state index contributed by atoms with van der Waals surface area (Å²) in [5.74, 6) is 0.777. The Morgan fingerprint density at radius 2 is 2.44 bits per heavy atom. The van der Waals surface area contributed by atoms with Crippen molar-refractivity contribution in [2.24, 2.45) is 0 Å². The molecular formula is C12H13N5S. The Kier molecular flexibility index (Phi) is 2.93. The predicted octanol–water partition coefficient (Wildman–Crippen LogP) is 2.23. The summed E-state index contributed by atoms with van der Waals surface area (Å²) in [6.07, 6.45) is 6.24. The smallest absolute Gasteiger partial charge is 0.203 e. The molecule has 5 nitrogen and oxygen atoms in total. The van der Waals surface area contributed by atoms with E-state index in [0.29, 0.717) is 6.04 Å². The van der Waals surface area contributed by atoms with Gasteiger partial charge >= 0.3 is 0 Å². The van der Waals surface area contributed by atoms with E-state index in [-0.39, 0.29) is 0 Å². The van der Waals surface area contributed by atoms with E-state index in [1.807, 2.05) is 10.6 Å². The Morgan fingerprint density at radius 1 is 1.50 bits per heavy atom. The molecule has 0 bridgehead atoms. The first-order chi connectivity index (χ1) is 8.83. The van der Waals surface area contributed by atoms with Crippen LogP contribution in [0.2, 0.25) is 0 Å². The van der Waals surface area contributed by atoms with Crippen molar-refractivity contribution in [2.45, 2.75) is 19.4 Å². The van der Waals surface area contributed by atoms with Gasteiger partial charge in [-0.25, -0.2) is 4.98 Å². The Bertz CT molecular complexity index is 631. The van der Waals surface area contributed by atoms with Gasteiger partial charge in [-0.1, -0.05) is 6.07 Å². The number of fused-ring (bicyclic) bond motifs is 1. The van der Waals surface area contributed by atoms with Gasteiger partial charge in [0, 0.05) is 29.7 Å². The molecule has 0 aromatic carbocycles. The van der Waals surface area contributed by atoms with Crippen molar-refractivity contribution < 1.29 is 0 Å². The summed E-state index contributed by atoms with van der Waals surface area (Å²) in [6, 6.07) is 4.53. The molecule has 0 saturated carbocycles. The molecule has 18 heavy (non-hydrogen) atoms. The first-order valence-corrected chi connectivity index (χ1v) is 6.64. The Balaban J connectivity index is 1.77. The monoisotopic (exact) mass is 259 g/mol. The minimum absolute atomic E-state index is 0.305. The standard InChI is InChI=1S/C12H13N5S/c1-9(7-10-3-2-6-18-10)15-11-12-16-14-8-17(12)5-4-13-11/h2-6,8-9H,7H2,1H3,(H,13,15).